The first-order valence-corrected chi connectivity index (χ1v) is 4.86. The van der Waals surface area contributed by atoms with E-state index in [9.17, 15) is 14.4 Å². The largest absolute Gasteiger partial charge is 0.467 e. The highest BCUT2D eigenvalue weighted by Gasteiger charge is 2.21. The van der Waals surface area contributed by atoms with Crippen LogP contribution in [0.5, 0.6) is 0 Å². The van der Waals surface area contributed by atoms with Crippen LogP contribution in [0.15, 0.2) is 0 Å². The summed E-state index contributed by atoms with van der Waals surface area (Å²) in [4.78, 5) is 33.2. The first kappa shape index (κ1) is 14.6. The third-order valence-corrected chi connectivity index (χ3v) is 1.88. The van der Waals surface area contributed by atoms with E-state index in [4.69, 9.17) is 0 Å². The number of hydrogen-bond acceptors (Lipinski definition) is 5. The van der Waals surface area contributed by atoms with E-state index in [1.165, 1.54) is 21.1 Å². The van der Waals surface area contributed by atoms with Crippen LogP contribution < -0.4 is 5.32 Å². The zero-order valence-corrected chi connectivity index (χ0v) is 9.74. The SMILES string of the molecule is COCC(=O)N[C@@H](CCC(C)=O)C(=O)OC. The van der Waals surface area contributed by atoms with Crippen molar-refractivity contribution in [2.45, 2.75) is 25.8 Å². The number of ether oxygens (including phenoxy) is 2. The maximum absolute atomic E-state index is 11.3. The standard InChI is InChI=1S/C10H17NO5/c1-7(12)4-5-8(10(14)16-3)11-9(13)6-15-2/h8H,4-6H2,1-3H3,(H,11,13)/t8-/m0/s1. The molecular formula is C10H17NO5. The molecule has 0 unspecified atom stereocenters. The van der Waals surface area contributed by atoms with E-state index in [0.29, 0.717) is 0 Å². The summed E-state index contributed by atoms with van der Waals surface area (Å²) < 4.78 is 9.13. The Labute approximate surface area is 94.3 Å². The molecule has 0 heterocycles. The van der Waals surface area contributed by atoms with Crippen molar-refractivity contribution in [3.63, 3.8) is 0 Å². The lowest BCUT2D eigenvalue weighted by molar-refractivity contribution is -0.145. The molecule has 1 amide bonds. The van der Waals surface area contributed by atoms with Gasteiger partial charge in [-0.2, -0.15) is 0 Å². The zero-order chi connectivity index (χ0) is 12.6. The van der Waals surface area contributed by atoms with Gasteiger partial charge in [0, 0.05) is 13.5 Å². The minimum absolute atomic E-state index is 0.0464. The summed E-state index contributed by atoms with van der Waals surface area (Å²) >= 11 is 0. The van der Waals surface area contributed by atoms with Gasteiger partial charge in [0.15, 0.2) is 0 Å². The minimum Gasteiger partial charge on any atom is -0.467 e. The highest BCUT2D eigenvalue weighted by Crippen LogP contribution is 2.00. The lowest BCUT2D eigenvalue weighted by Gasteiger charge is -2.15. The fourth-order valence-corrected chi connectivity index (χ4v) is 1.11. The molecule has 92 valence electrons. The van der Waals surface area contributed by atoms with Gasteiger partial charge in [-0.05, 0) is 13.3 Å². The van der Waals surface area contributed by atoms with Gasteiger partial charge in [0.25, 0.3) is 0 Å². The van der Waals surface area contributed by atoms with Crippen molar-refractivity contribution in [1.29, 1.82) is 0 Å². The number of methoxy groups -OCH3 is 2. The Hall–Kier alpha value is -1.43. The number of carbonyl (C=O) groups excluding carboxylic acids is 3. The van der Waals surface area contributed by atoms with Gasteiger partial charge in [-0.25, -0.2) is 4.79 Å². The predicted octanol–water partition coefficient (Wildman–Crippen LogP) is -0.340. The lowest BCUT2D eigenvalue weighted by atomic mass is 10.1. The second-order valence-electron chi connectivity index (χ2n) is 3.32. The maximum atomic E-state index is 11.3. The Bertz CT molecular complexity index is 264. The first-order valence-electron chi connectivity index (χ1n) is 4.86. The van der Waals surface area contributed by atoms with E-state index in [0.717, 1.165) is 0 Å². The molecule has 1 N–H and O–H groups in total. The quantitative estimate of drug-likeness (QED) is 0.606. The van der Waals surface area contributed by atoms with Crippen molar-refractivity contribution in [2.24, 2.45) is 0 Å². The van der Waals surface area contributed by atoms with Gasteiger partial charge in [0.1, 0.15) is 18.4 Å². The number of nitrogens with one attached hydrogen (secondary N) is 1. The molecular weight excluding hydrogens is 214 g/mol. The van der Waals surface area contributed by atoms with Crippen LogP contribution in [0.3, 0.4) is 0 Å². The van der Waals surface area contributed by atoms with Crippen molar-refractivity contribution >= 4 is 17.7 Å². The highest BCUT2D eigenvalue weighted by atomic mass is 16.5. The Morgan fingerprint density at radius 2 is 1.88 bits per heavy atom. The van der Waals surface area contributed by atoms with Crippen LogP contribution in [-0.4, -0.2) is 44.5 Å². The van der Waals surface area contributed by atoms with Crippen LogP contribution in [0, 0.1) is 0 Å². The normalized spacial score (nSPS) is 11.7. The number of carbonyl (C=O) groups is 3. The van der Waals surface area contributed by atoms with Crippen molar-refractivity contribution in [3.8, 4) is 0 Å². The number of amides is 1. The Morgan fingerprint density at radius 1 is 1.25 bits per heavy atom. The summed E-state index contributed by atoms with van der Waals surface area (Å²) in [6.45, 7) is 1.29. The average Bonchev–Trinajstić information content (AvgIpc) is 2.23. The topological polar surface area (TPSA) is 81.7 Å². The van der Waals surface area contributed by atoms with E-state index in [-0.39, 0.29) is 25.2 Å². The number of esters is 1. The van der Waals surface area contributed by atoms with Gasteiger partial charge in [-0.3, -0.25) is 4.79 Å². The van der Waals surface area contributed by atoms with Crippen LogP contribution in [-0.2, 0) is 23.9 Å². The molecule has 0 aromatic carbocycles. The fraction of sp³-hybridized carbons (Fsp3) is 0.700. The van der Waals surface area contributed by atoms with E-state index in [2.05, 4.69) is 14.8 Å². The molecule has 0 aliphatic heterocycles. The molecule has 0 rings (SSSR count). The van der Waals surface area contributed by atoms with Gasteiger partial charge >= 0.3 is 5.97 Å². The summed E-state index contributed by atoms with van der Waals surface area (Å²) in [7, 11) is 2.61. The van der Waals surface area contributed by atoms with Gasteiger partial charge in [0.05, 0.1) is 7.11 Å². The molecule has 0 saturated heterocycles. The number of rotatable bonds is 7. The average molecular weight is 231 g/mol. The zero-order valence-electron chi connectivity index (χ0n) is 9.74. The molecule has 16 heavy (non-hydrogen) atoms. The molecule has 0 spiro atoms. The summed E-state index contributed by atoms with van der Waals surface area (Å²) in [6, 6.07) is -0.795. The Balaban J connectivity index is 4.25. The first-order chi connectivity index (χ1) is 7.51. The van der Waals surface area contributed by atoms with Crippen molar-refractivity contribution < 1.29 is 23.9 Å². The molecule has 6 nitrogen and oxygen atoms in total. The fourth-order valence-electron chi connectivity index (χ4n) is 1.11. The van der Waals surface area contributed by atoms with Crippen LogP contribution in [0.25, 0.3) is 0 Å². The van der Waals surface area contributed by atoms with Gasteiger partial charge in [-0.1, -0.05) is 0 Å². The summed E-state index contributed by atoms with van der Waals surface area (Å²) in [5.41, 5.74) is 0. The minimum atomic E-state index is -0.795. The smallest absolute Gasteiger partial charge is 0.328 e. The molecule has 0 aromatic heterocycles. The summed E-state index contributed by atoms with van der Waals surface area (Å²) in [5, 5.41) is 2.43. The van der Waals surface area contributed by atoms with Crippen LogP contribution in [0.2, 0.25) is 0 Å². The molecule has 0 saturated carbocycles. The monoisotopic (exact) mass is 231 g/mol. The van der Waals surface area contributed by atoms with Gasteiger partial charge in [-0.15, -0.1) is 0 Å². The molecule has 0 aromatic rings. The van der Waals surface area contributed by atoms with E-state index >= 15 is 0 Å². The number of hydrogen-bond donors (Lipinski definition) is 1. The van der Waals surface area contributed by atoms with Crippen LogP contribution in [0.1, 0.15) is 19.8 Å². The van der Waals surface area contributed by atoms with E-state index < -0.39 is 17.9 Å². The Morgan fingerprint density at radius 3 is 2.31 bits per heavy atom. The molecule has 0 aliphatic carbocycles. The maximum Gasteiger partial charge on any atom is 0.328 e. The molecule has 1 atom stereocenters. The summed E-state index contributed by atoms with van der Waals surface area (Å²) in [6.07, 6.45) is 0.449. The second kappa shape index (κ2) is 7.81. The number of ketones is 1. The number of Topliss-reactive ketones (excluding diaryl/α,β-unsaturated/α-hetero) is 1. The van der Waals surface area contributed by atoms with Gasteiger partial charge in [0.2, 0.25) is 5.91 Å². The Kier molecular flexibility index (Phi) is 7.11. The van der Waals surface area contributed by atoms with Crippen molar-refractivity contribution in [2.75, 3.05) is 20.8 Å². The van der Waals surface area contributed by atoms with Crippen molar-refractivity contribution in [1.82, 2.24) is 5.32 Å². The van der Waals surface area contributed by atoms with Crippen molar-refractivity contribution in [3.05, 3.63) is 0 Å². The molecule has 0 radical (unpaired) electrons. The third kappa shape index (κ3) is 6.13. The van der Waals surface area contributed by atoms with Gasteiger partial charge < -0.3 is 19.6 Å². The van der Waals surface area contributed by atoms with Crippen LogP contribution in [0.4, 0.5) is 0 Å². The predicted molar refractivity (Wildman–Crippen MR) is 55.7 cm³/mol. The molecule has 0 fully saturated rings. The van der Waals surface area contributed by atoms with Crippen LogP contribution >= 0.6 is 0 Å². The molecule has 0 aliphatic rings. The highest BCUT2D eigenvalue weighted by molar-refractivity contribution is 5.85. The van der Waals surface area contributed by atoms with E-state index in [1.54, 1.807) is 0 Å². The molecule has 0 bridgehead atoms. The third-order valence-electron chi connectivity index (χ3n) is 1.88. The lowest BCUT2D eigenvalue weighted by Crippen LogP contribution is -2.43. The molecule has 6 heteroatoms. The summed E-state index contributed by atoms with van der Waals surface area (Å²) in [5.74, 6) is -1.03. The van der Waals surface area contributed by atoms with E-state index in [1.807, 2.05) is 0 Å². The second-order valence-corrected chi connectivity index (χ2v) is 3.32.